The van der Waals surface area contributed by atoms with Crippen LogP contribution in [0.25, 0.3) is 0 Å². The Bertz CT molecular complexity index is 767. The molecule has 0 saturated heterocycles. The summed E-state index contributed by atoms with van der Waals surface area (Å²) in [7, 11) is 0. The predicted molar refractivity (Wildman–Crippen MR) is 81.9 cm³/mol. The first-order chi connectivity index (χ1) is 10.6. The Morgan fingerprint density at radius 3 is 3.05 bits per heavy atom. The predicted octanol–water partition coefficient (Wildman–Crippen LogP) is 1.43. The van der Waals surface area contributed by atoms with E-state index in [9.17, 15) is 9.59 Å². The number of fused-ring (bicyclic) bond motifs is 1. The van der Waals surface area contributed by atoms with E-state index in [2.05, 4.69) is 22.4 Å². The molecule has 6 nitrogen and oxygen atoms in total. The molecule has 1 aromatic heterocycles. The number of benzene rings is 1. The van der Waals surface area contributed by atoms with Gasteiger partial charge in [0, 0.05) is 18.9 Å². The van der Waals surface area contributed by atoms with E-state index < -0.39 is 11.5 Å². The summed E-state index contributed by atoms with van der Waals surface area (Å²) in [5.41, 5.74) is 3.49. The minimum Gasteiger partial charge on any atom is -0.480 e. The quantitative estimate of drug-likeness (QED) is 0.872. The van der Waals surface area contributed by atoms with Crippen LogP contribution < -0.4 is 10.9 Å². The van der Waals surface area contributed by atoms with Gasteiger partial charge in [0.25, 0.3) is 5.56 Å². The molecule has 3 rings (SSSR count). The summed E-state index contributed by atoms with van der Waals surface area (Å²) in [6.45, 7) is 0.152. The van der Waals surface area contributed by atoms with Gasteiger partial charge in [0.2, 0.25) is 0 Å². The maximum atomic E-state index is 12.1. The summed E-state index contributed by atoms with van der Waals surface area (Å²) in [5.74, 6) is -0.875. The van der Waals surface area contributed by atoms with E-state index in [1.54, 1.807) is 0 Å². The summed E-state index contributed by atoms with van der Waals surface area (Å²) >= 11 is 0. The maximum Gasteiger partial charge on any atom is 0.323 e. The Morgan fingerprint density at radius 2 is 2.23 bits per heavy atom. The lowest BCUT2D eigenvalue weighted by Crippen LogP contribution is -2.27. The minimum atomic E-state index is -1.06. The Morgan fingerprint density at radius 1 is 1.36 bits per heavy atom. The van der Waals surface area contributed by atoms with Gasteiger partial charge in [-0.15, -0.1) is 0 Å². The number of carboxylic acid groups (broad SMARTS) is 1. The van der Waals surface area contributed by atoms with E-state index >= 15 is 0 Å². The number of hydrogen-bond donors (Lipinski definition) is 2. The van der Waals surface area contributed by atoms with Gasteiger partial charge in [-0.1, -0.05) is 18.2 Å². The summed E-state index contributed by atoms with van der Waals surface area (Å²) < 4.78 is 1.13. The zero-order chi connectivity index (χ0) is 15.5. The maximum absolute atomic E-state index is 12.1. The first-order valence-corrected chi connectivity index (χ1v) is 7.26. The number of rotatable bonds is 5. The molecule has 2 aromatic rings. The van der Waals surface area contributed by atoms with Gasteiger partial charge in [-0.05, 0) is 36.0 Å². The van der Waals surface area contributed by atoms with E-state index in [1.807, 2.05) is 6.07 Å². The highest BCUT2D eigenvalue weighted by molar-refractivity contribution is 5.66. The molecule has 114 valence electrons. The number of aromatic nitrogens is 2. The topological polar surface area (TPSA) is 84.2 Å². The monoisotopic (exact) mass is 299 g/mol. The smallest absolute Gasteiger partial charge is 0.323 e. The van der Waals surface area contributed by atoms with E-state index in [-0.39, 0.29) is 12.4 Å². The van der Waals surface area contributed by atoms with Crippen LogP contribution >= 0.6 is 0 Å². The SMILES string of the molecule is O=C(O)Cn1ccnc(NCc2cccc3c2CCC3)c1=O. The fourth-order valence-corrected chi connectivity index (χ4v) is 2.88. The van der Waals surface area contributed by atoms with Gasteiger partial charge in [-0.3, -0.25) is 14.2 Å². The van der Waals surface area contributed by atoms with Gasteiger partial charge >= 0.3 is 5.97 Å². The van der Waals surface area contributed by atoms with Gasteiger partial charge in [-0.2, -0.15) is 0 Å². The third-order valence-corrected chi connectivity index (χ3v) is 3.91. The lowest BCUT2D eigenvalue weighted by atomic mass is 10.0. The average molecular weight is 299 g/mol. The number of nitrogens with zero attached hydrogens (tertiary/aromatic N) is 2. The Hall–Kier alpha value is -2.63. The zero-order valence-corrected chi connectivity index (χ0v) is 12.1. The van der Waals surface area contributed by atoms with Crippen molar-refractivity contribution >= 4 is 11.8 Å². The third-order valence-electron chi connectivity index (χ3n) is 3.91. The van der Waals surface area contributed by atoms with Crippen LogP contribution in [0.3, 0.4) is 0 Å². The Balaban J connectivity index is 1.79. The number of aliphatic carboxylic acids is 1. The van der Waals surface area contributed by atoms with Crippen LogP contribution in [0.4, 0.5) is 5.82 Å². The summed E-state index contributed by atoms with van der Waals surface area (Å²) in [4.78, 5) is 26.9. The molecule has 0 fully saturated rings. The molecule has 2 N–H and O–H groups in total. The highest BCUT2D eigenvalue weighted by Gasteiger charge is 2.14. The standard InChI is InChI=1S/C16H17N3O3/c20-14(21)10-19-8-7-17-15(16(19)22)18-9-12-5-1-3-11-4-2-6-13(11)12/h1,3,5,7-8H,2,4,6,9-10H2,(H,17,18)(H,20,21). The van der Waals surface area contributed by atoms with Crippen molar-refractivity contribution in [2.75, 3.05) is 5.32 Å². The minimum absolute atomic E-state index is 0.180. The Kier molecular flexibility index (Phi) is 3.91. The number of carbonyl (C=O) groups is 1. The molecule has 1 aromatic carbocycles. The van der Waals surface area contributed by atoms with E-state index in [0.717, 1.165) is 17.4 Å². The van der Waals surface area contributed by atoms with Crippen LogP contribution in [0.2, 0.25) is 0 Å². The normalized spacial score (nSPS) is 12.9. The van der Waals surface area contributed by atoms with Crippen LogP contribution in [-0.4, -0.2) is 20.6 Å². The van der Waals surface area contributed by atoms with Gasteiger partial charge in [0.15, 0.2) is 5.82 Å². The van der Waals surface area contributed by atoms with Crippen molar-refractivity contribution in [1.82, 2.24) is 9.55 Å². The first kappa shape index (κ1) is 14.3. The molecule has 0 bridgehead atoms. The van der Waals surface area contributed by atoms with Crippen molar-refractivity contribution in [1.29, 1.82) is 0 Å². The molecule has 0 aliphatic heterocycles. The van der Waals surface area contributed by atoms with Gasteiger partial charge < -0.3 is 10.4 Å². The van der Waals surface area contributed by atoms with Gasteiger partial charge in [-0.25, -0.2) is 4.98 Å². The number of hydrogen-bond acceptors (Lipinski definition) is 4. The molecule has 1 aliphatic rings. The largest absolute Gasteiger partial charge is 0.480 e. The molecule has 0 atom stereocenters. The van der Waals surface area contributed by atoms with Crippen molar-refractivity contribution in [2.45, 2.75) is 32.4 Å². The number of aryl methyl sites for hydroxylation is 1. The number of anilines is 1. The molecule has 0 amide bonds. The van der Waals surface area contributed by atoms with E-state index in [0.29, 0.717) is 6.54 Å². The molecular formula is C16H17N3O3. The second-order valence-electron chi connectivity index (χ2n) is 5.36. The van der Waals surface area contributed by atoms with Crippen molar-refractivity contribution in [3.05, 3.63) is 57.6 Å². The van der Waals surface area contributed by atoms with Crippen LogP contribution in [-0.2, 0) is 30.7 Å². The molecule has 1 heterocycles. The fourth-order valence-electron chi connectivity index (χ4n) is 2.88. The molecule has 0 spiro atoms. The van der Waals surface area contributed by atoms with Gasteiger partial charge in [0.05, 0.1) is 0 Å². The van der Waals surface area contributed by atoms with E-state index in [1.165, 1.54) is 35.5 Å². The summed E-state index contributed by atoms with van der Waals surface area (Å²) in [5, 5.41) is 11.8. The lowest BCUT2D eigenvalue weighted by Gasteiger charge is -2.11. The highest BCUT2D eigenvalue weighted by Crippen LogP contribution is 2.25. The van der Waals surface area contributed by atoms with Crippen LogP contribution in [0.5, 0.6) is 0 Å². The van der Waals surface area contributed by atoms with E-state index in [4.69, 9.17) is 5.11 Å². The Labute approximate surface area is 127 Å². The third kappa shape index (κ3) is 2.86. The van der Waals surface area contributed by atoms with Crippen molar-refractivity contribution in [2.24, 2.45) is 0 Å². The summed E-state index contributed by atoms with van der Waals surface area (Å²) in [6, 6.07) is 6.23. The van der Waals surface area contributed by atoms with Crippen molar-refractivity contribution < 1.29 is 9.90 Å². The highest BCUT2D eigenvalue weighted by atomic mass is 16.4. The van der Waals surface area contributed by atoms with Crippen LogP contribution in [0.15, 0.2) is 35.4 Å². The molecule has 22 heavy (non-hydrogen) atoms. The van der Waals surface area contributed by atoms with Gasteiger partial charge in [0.1, 0.15) is 6.54 Å². The molecular weight excluding hydrogens is 282 g/mol. The zero-order valence-electron chi connectivity index (χ0n) is 12.1. The molecule has 1 aliphatic carbocycles. The number of nitrogens with one attached hydrogen (secondary N) is 1. The fraction of sp³-hybridized carbons (Fsp3) is 0.312. The van der Waals surface area contributed by atoms with Crippen molar-refractivity contribution in [3.63, 3.8) is 0 Å². The number of carboxylic acids is 1. The molecule has 0 radical (unpaired) electrons. The second kappa shape index (κ2) is 6.01. The van der Waals surface area contributed by atoms with Crippen LogP contribution in [0.1, 0.15) is 23.1 Å². The molecule has 0 unspecified atom stereocenters. The lowest BCUT2D eigenvalue weighted by molar-refractivity contribution is -0.137. The van der Waals surface area contributed by atoms with Crippen molar-refractivity contribution in [3.8, 4) is 0 Å². The van der Waals surface area contributed by atoms with Crippen LogP contribution in [0, 0.1) is 0 Å². The second-order valence-corrected chi connectivity index (χ2v) is 5.36. The average Bonchev–Trinajstić information content (AvgIpc) is 2.97. The summed E-state index contributed by atoms with van der Waals surface area (Å²) in [6.07, 6.45) is 6.15. The first-order valence-electron chi connectivity index (χ1n) is 7.26. The molecule has 0 saturated carbocycles. The molecule has 6 heteroatoms.